The van der Waals surface area contributed by atoms with Gasteiger partial charge in [-0.15, -0.1) is 34.2 Å². The Kier molecular flexibility index (Phi) is 9.46. The van der Waals surface area contributed by atoms with E-state index in [-0.39, 0.29) is 24.0 Å². The molecular formula is C20H26ClIN6O. The molecule has 29 heavy (non-hydrogen) atoms. The predicted octanol–water partition coefficient (Wildman–Crippen LogP) is 3.52. The van der Waals surface area contributed by atoms with Crippen molar-refractivity contribution in [3.05, 3.63) is 59.5 Å². The van der Waals surface area contributed by atoms with Crippen molar-refractivity contribution in [2.75, 3.05) is 33.8 Å². The second-order valence-electron chi connectivity index (χ2n) is 6.35. The van der Waals surface area contributed by atoms with Gasteiger partial charge in [0.05, 0.1) is 6.54 Å². The molecule has 9 heteroatoms. The SMILES string of the molecule is CN=C(NCCCc1nnc2ccccn12)N(C)CCOc1ccc(Cl)cc1.I. The third-order valence-corrected chi connectivity index (χ3v) is 4.58. The fourth-order valence-corrected chi connectivity index (χ4v) is 2.96. The summed E-state index contributed by atoms with van der Waals surface area (Å²) in [5.41, 5.74) is 0.877. The minimum atomic E-state index is 0. The van der Waals surface area contributed by atoms with Gasteiger partial charge in [0, 0.05) is 38.3 Å². The van der Waals surface area contributed by atoms with Gasteiger partial charge in [-0.05, 0) is 42.8 Å². The minimum Gasteiger partial charge on any atom is -0.492 e. The first-order chi connectivity index (χ1) is 13.7. The lowest BCUT2D eigenvalue weighted by Crippen LogP contribution is -2.41. The number of nitrogens with zero attached hydrogens (tertiary/aromatic N) is 5. The molecule has 0 saturated heterocycles. The molecule has 7 nitrogen and oxygen atoms in total. The molecule has 2 heterocycles. The van der Waals surface area contributed by atoms with E-state index in [4.69, 9.17) is 16.3 Å². The second-order valence-corrected chi connectivity index (χ2v) is 6.78. The van der Waals surface area contributed by atoms with Gasteiger partial charge in [0.25, 0.3) is 0 Å². The normalized spacial score (nSPS) is 11.2. The van der Waals surface area contributed by atoms with Gasteiger partial charge in [-0.3, -0.25) is 9.39 Å². The van der Waals surface area contributed by atoms with E-state index in [0.29, 0.717) is 11.6 Å². The summed E-state index contributed by atoms with van der Waals surface area (Å²) in [5.74, 6) is 2.61. The summed E-state index contributed by atoms with van der Waals surface area (Å²) in [6.45, 7) is 2.08. The third kappa shape index (κ3) is 6.74. The number of rotatable bonds is 8. The summed E-state index contributed by atoms with van der Waals surface area (Å²) < 4.78 is 7.76. The van der Waals surface area contributed by atoms with Crippen LogP contribution in [0.25, 0.3) is 5.65 Å². The van der Waals surface area contributed by atoms with Crippen LogP contribution >= 0.6 is 35.6 Å². The van der Waals surface area contributed by atoms with Gasteiger partial charge in [0.1, 0.15) is 18.2 Å². The Morgan fingerprint density at radius 2 is 2.00 bits per heavy atom. The van der Waals surface area contributed by atoms with E-state index < -0.39 is 0 Å². The topological polar surface area (TPSA) is 67.0 Å². The predicted molar refractivity (Wildman–Crippen MR) is 128 cm³/mol. The standard InChI is InChI=1S/C20H25ClN6O.HI/c1-22-20(26(2)14-15-28-17-10-8-16(21)9-11-17)23-12-5-7-19-25-24-18-6-3-4-13-27(18)19;/h3-4,6,8-11,13H,5,7,12,14-15H2,1-2H3,(H,22,23);1H. The number of ether oxygens (including phenoxy) is 1. The van der Waals surface area contributed by atoms with Crippen molar-refractivity contribution < 1.29 is 4.74 Å². The van der Waals surface area contributed by atoms with Crippen LogP contribution in [0.2, 0.25) is 5.02 Å². The molecule has 0 spiro atoms. The zero-order valence-corrected chi connectivity index (χ0v) is 19.7. The summed E-state index contributed by atoms with van der Waals surface area (Å²) in [6.07, 6.45) is 3.77. The maximum atomic E-state index is 5.88. The van der Waals surface area contributed by atoms with Gasteiger partial charge < -0.3 is 15.0 Å². The molecule has 3 aromatic rings. The summed E-state index contributed by atoms with van der Waals surface area (Å²) in [6, 6.07) is 13.3. The molecule has 2 aromatic heterocycles. The monoisotopic (exact) mass is 528 g/mol. The molecule has 0 unspecified atom stereocenters. The molecular weight excluding hydrogens is 503 g/mol. The van der Waals surface area contributed by atoms with Gasteiger partial charge in [0.15, 0.2) is 11.6 Å². The maximum absolute atomic E-state index is 5.88. The fraction of sp³-hybridized carbons (Fsp3) is 0.350. The summed E-state index contributed by atoms with van der Waals surface area (Å²) in [7, 11) is 3.78. The summed E-state index contributed by atoms with van der Waals surface area (Å²) in [4.78, 5) is 6.38. The number of nitrogens with one attached hydrogen (secondary N) is 1. The Bertz CT molecular complexity index is 915. The van der Waals surface area contributed by atoms with Crippen molar-refractivity contribution in [3.8, 4) is 5.75 Å². The lowest BCUT2D eigenvalue weighted by atomic mass is 10.3. The molecule has 0 saturated carbocycles. The fourth-order valence-electron chi connectivity index (χ4n) is 2.83. The zero-order valence-electron chi connectivity index (χ0n) is 16.6. The van der Waals surface area contributed by atoms with Gasteiger partial charge in [-0.1, -0.05) is 17.7 Å². The third-order valence-electron chi connectivity index (χ3n) is 4.33. The number of hydrogen-bond donors (Lipinski definition) is 1. The van der Waals surface area contributed by atoms with Gasteiger partial charge >= 0.3 is 0 Å². The van der Waals surface area contributed by atoms with Gasteiger partial charge in [0.2, 0.25) is 0 Å². The van der Waals surface area contributed by atoms with Crippen LogP contribution in [0.3, 0.4) is 0 Å². The molecule has 0 aliphatic carbocycles. The molecule has 1 N–H and O–H groups in total. The van der Waals surface area contributed by atoms with Gasteiger partial charge in [-0.2, -0.15) is 0 Å². The van der Waals surface area contributed by atoms with E-state index in [9.17, 15) is 0 Å². The number of benzene rings is 1. The van der Waals surface area contributed by atoms with E-state index >= 15 is 0 Å². The Balaban J connectivity index is 0.00000300. The van der Waals surface area contributed by atoms with Gasteiger partial charge in [-0.25, -0.2) is 0 Å². The van der Waals surface area contributed by atoms with Crippen molar-refractivity contribution in [2.45, 2.75) is 12.8 Å². The van der Waals surface area contributed by atoms with Crippen molar-refractivity contribution in [1.82, 2.24) is 24.8 Å². The van der Waals surface area contributed by atoms with Crippen molar-refractivity contribution >= 4 is 47.2 Å². The molecule has 0 atom stereocenters. The molecule has 1 aromatic carbocycles. The number of guanidine groups is 1. The average Bonchev–Trinajstić information content (AvgIpc) is 3.12. The van der Waals surface area contributed by atoms with Crippen molar-refractivity contribution in [1.29, 1.82) is 0 Å². The Morgan fingerprint density at radius 3 is 2.76 bits per heavy atom. The highest BCUT2D eigenvalue weighted by Gasteiger charge is 2.07. The van der Waals surface area contributed by atoms with Crippen LogP contribution in [0.15, 0.2) is 53.7 Å². The van der Waals surface area contributed by atoms with E-state index in [2.05, 4.69) is 20.5 Å². The van der Waals surface area contributed by atoms with Crippen LogP contribution in [0.5, 0.6) is 5.75 Å². The largest absolute Gasteiger partial charge is 0.492 e. The number of halogens is 2. The first kappa shape index (κ1) is 23.2. The number of pyridine rings is 1. The molecule has 0 fully saturated rings. The van der Waals surface area contributed by atoms with Crippen LogP contribution in [0, 0.1) is 0 Å². The molecule has 0 aliphatic heterocycles. The van der Waals surface area contributed by atoms with Crippen LogP contribution < -0.4 is 10.1 Å². The number of aliphatic imine (C=N–C) groups is 1. The molecule has 0 bridgehead atoms. The first-order valence-electron chi connectivity index (χ1n) is 9.26. The maximum Gasteiger partial charge on any atom is 0.193 e. The number of hydrogen-bond acceptors (Lipinski definition) is 4. The van der Waals surface area contributed by atoms with Crippen molar-refractivity contribution in [3.63, 3.8) is 0 Å². The number of aryl methyl sites for hydroxylation is 1. The van der Waals surface area contributed by atoms with E-state index in [0.717, 1.165) is 49.1 Å². The number of fused-ring (bicyclic) bond motifs is 1. The minimum absolute atomic E-state index is 0. The molecule has 0 aliphatic rings. The molecule has 3 rings (SSSR count). The smallest absolute Gasteiger partial charge is 0.193 e. The molecule has 0 radical (unpaired) electrons. The second kappa shape index (κ2) is 11.8. The Hall–Kier alpha value is -2.07. The van der Waals surface area contributed by atoms with Crippen LogP contribution in [0.1, 0.15) is 12.2 Å². The lowest BCUT2D eigenvalue weighted by Gasteiger charge is -2.22. The highest BCUT2D eigenvalue weighted by atomic mass is 127. The number of likely N-dealkylation sites (N-methyl/N-ethyl adjacent to an activating group) is 1. The summed E-state index contributed by atoms with van der Waals surface area (Å²) in [5, 5.41) is 12.5. The molecule has 156 valence electrons. The van der Waals surface area contributed by atoms with E-state index in [1.807, 2.05) is 65.0 Å². The molecule has 0 amide bonds. The Morgan fingerprint density at radius 1 is 1.21 bits per heavy atom. The highest BCUT2D eigenvalue weighted by Crippen LogP contribution is 2.15. The van der Waals surface area contributed by atoms with E-state index in [1.165, 1.54) is 0 Å². The summed E-state index contributed by atoms with van der Waals surface area (Å²) >= 11 is 5.88. The van der Waals surface area contributed by atoms with Crippen LogP contribution in [0.4, 0.5) is 0 Å². The quantitative estimate of drug-likeness (QED) is 0.210. The first-order valence-corrected chi connectivity index (χ1v) is 9.64. The van der Waals surface area contributed by atoms with E-state index in [1.54, 1.807) is 7.05 Å². The Labute approximate surface area is 193 Å². The van der Waals surface area contributed by atoms with Crippen molar-refractivity contribution in [2.24, 2.45) is 4.99 Å². The van der Waals surface area contributed by atoms with Crippen LogP contribution in [-0.4, -0.2) is 59.2 Å². The lowest BCUT2D eigenvalue weighted by molar-refractivity contribution is 0.281. The average molecular weight is 529 g/mol. The zero-order chi connectivity index (χ0) is 19.8. The highest BCUT2D eigenvalue weighted by molar-refractivity contribution is 14.0. The van der Waals surface area contributed by atoms with Crippen LogP contribution in [-0.2, 0) is 6.42 Å². The number of aromatic nitrogens is 3.